The van der Waals surface area contributed by atoms with Crippen LogP contribution in [-0.2, 0) is 4.74 Å². The number of ether oxygens (including phenoxy) is 1. The zero-order valence-corrected chi connectivity index (χ0v) is 11.3. The summed E-state index contributed by atoms with van der Waals surface area (Å²) in [5, 5.41) is 0. The molecule has 1 aromatic rings. The maximum atomic E-state index is 5.86. The first-order valence-electron chi connectivity index (χ1n) is 6.39. The fraction of sp³-hybridized carbons (Fsp3) is 0.600. The Morgan fingerprint density at radius 3 is 2.41 bits per heavy atom. The molecule has 0 saturated carbocycles. The summed E-state index contributed by atoms with van der Waals surface area (Å²) >= 11 is 0. The molecule has 0 fully saturated rings. The van der Waals surface area contributed by atoms with Crippen molar-refractivity contribution in [1.82, 2.24) is 0 Å². The van der Waals surface area contributed by atoms with Gasteiger partial charge in [-0.05, 0) is 51.1 Å². The van der Waals surface area contributed by atoms with Crippen molar-refractivity contribution in [3.8, 4) is 0 Å². The molecule has 0 spiro atoms. The van der Waals surface area contributed by atoms with E-state index in [4.69, 9.17) is 10.5 Å². The van der Waals surface area contributed by atoms with E-state index in [1.807, 2.05) is 6.07 Å². The first-order chi connectivity index (χ1) is 8.09. The van der Waals surface area contributed by atoms with E-state index in [1.165, 1.54) is 5.56 Å². The zero-order valence-electron chi connectivity index (χ0n) is 11.3. The lowest BCUT2D eigenvalue weighted by molar-refractivity contribution is 0.0132. The average Bonchev–Trinajstić information content (AvgIpc) is 2.36. The largest absolute Gasteiger partial charge is 0.379 e. The van der Waals surface area contributed by atoms with Gasteiger partial charge in [-0.15, -0.1) is 0 Å². The van der Waals surface area contributed by atoms with Gasteiger partial charge in [0.2, 0.25) is 0 Å². The molecular formula is C15H25NO. The van der Waals surface area contributed by atoms with Crippen molar-refractivity contribution in [3.05, 3.63) is 35.9 Å². The number of rotatable bonds is 7. The molecule has 0 saturated heterocycles. The van der Waals surface area contributed by atoms with Gasteiger partial charge in [0.15, 0.2) is 0 Å². The van der Waals surface area contributed by atoms with Crippen molar-refractivity contribution in [2.24, 2.45) is 5.73 Å². The summed E-state index contributed by atoms with van der Waals surface area (Å²) in [7, 11) is 1.78. The predicted octanol–water partition coefficient (Wildman–Crippen LogP) is 3.32. The molecule has 1 atom stereocenters. The predicted molar refractivity (Wildman–Crippen MR) is 73.2 cm³/mol. The lowest BCUT2D eigenvalue weighted by Gasteiger charge is -2.24. The number of benzene rings is 1. The summed E-state index contributed by atoms with van der Waals surface area (Å²) in [4.78, 5) is 0. The Balaban J connectivity index is 2.44. The standard InChI is InChI=1S/C15H25NO/c1-15(2,17-3)11-7-10-14(12-16)13-8-5-4-6-9-13/h4-6,8-9,14H,7,10-12,16H2,1-3H3. The average molecular weight is 235 g/mol. The van der Waals surface area contributed by atoms with E-state index in [1.54, 1.807) is 7.11 Å². The van der Waals surface area contributed by atoms with Crippen LogP contribution in [0.1, 0.15) is 44.6 Å². The monoisotopic (exact) mass is 235 g/mol. The summed E-state index contributed by atoms with van der Waals surface area (Å²) < 4.78 is 5.43. The van der Waals surface area contributed by atoms with Crippen LogP contribution in [0.5, 0.6) is 0 Å². The molecule has 1 unspecified atom stereocenters. The molecule has 2 nitrogen and oxygen atoms in total. The fourth-order valence-electron chi connectivity index (χ4n) is 2.02. The lowest BCUT2D eigenvalue weighted by atomic mass is 9.91. The van der Waals surface area contributed by atoms with Crippen LogP contribution in [0.2, 0.25) is 0 Å². The highest BCUT2D eigenvalue weighted by molar-refractivity contribution is 5.19. The van der Waals surface area contributed by atoms with Gasteiger partial charge in [-0.1, -0.05) is 30.3 Å². The highest BCUT2D eigenvalue weighted by atomic mass is 16.5. The minimum Gasteiger partial charge on any atom is -0.379 e. The van der Waals surface area contributed by atoms with Crippen molar-refractivity contribution in [2.75, 3.05) is 13.7 Å². The highest BCUT2D eigenvalue weighted by Gasteiger charge is 2.17. The van der Waals surface area contributed by atoms with Crippen molar-refractivity contribution >= 4 is 0 Å². The zero-order chi connectivity index (χ0) is 12.7. The maximum absolute atomic E-state index is 5.86. The first kappa shape index (κ1) is 14.2. The molecule has 2 N–H and O–H groups in total. The SMILES string of the molecule is COC(C)(C)CCCC(CN)c1ccccc1. The molecule has 0 amide bonds. The molecule has 0 heterocycles. The highest BCUT2D eigenvalue weighted by Crippen LogP contribution is 2.24. The van der Waals surface area contributed by atoms with Gasteiger partial charge in [0.05, 0.1) is 5.60 Å². The summed E-state index contributed by atoms with van der Waals surface area (Å²) in [6, 6.07) is 10.5. The third-order valence-electron chi connectivity index (χ3n) is 3.44. The second-order valence-corrected chi connectivity index (χ2v) is 5.20. The van der Waals surface area contributed by atoms with Crippen LogP contribution in [0.15, 0.2) is 30.3 Å². The third kappa shape index (κ3) is 4.88. The van der Waals surface area contributed by atoms with Gasteiger partial charge in [0.25, 0.3) is 0 Å². The van der Waals surface area contributed by atoms with E-state index in [9.17, 15) is 0 Å². The van der Waals surface area contributed by atoms with Crippen molar-refractivity contribution in [3.63, 3.8) is 0 Å². The Hall–Kier alpha value is -0.860. The summed E-state index contributed by atoms with van der Waals surface area (Å²) in [5.41, 5.74) is 7.19. The second-order valence-electron chi connectivity index (χ2n) is 5.20. The fourth-order valence-corrected chi connectivity index (χ4v) is 2.02. The maximum Gasteiger partial charge on any atom is 0.0622 e. The van der Waals surface area contributed by atoms with Gasteiger partial charge in [-0.25, -0.2) is 0 Å². The van der Waals surface area contributed by atoms with Crippen molar-refractivity contribution in [2.45, 2.75) is 44.6 Å². The second kappa shape index (κ2) is 6.77. The number of hydrogen-bond acceptors (Lipinski definition) is 2. The molecule has 0 aliphatic carbocycles. The molecule has 96 valence electrons. The van der Waals surface area contributed by atoms with Gasteiger partial charge in [0, 0.05) is 7.11 Å². The summed E-state index contributed by atoms with van der Waals surface area (Å²) in [6.45, 7) is 4.98. The van der Waals surface area contributed by atoms with Crippen LogP contribution in [0, 0.1) is 0 Å². The lowest BCUT2D eigenvalue weighted by Crippen LogP contribution is -2.22. The van der Waals surface area contributed by atoms with Crippen LogP contribution >= 0.6 is 0 Å². The van der Waals surface area contributed by atoms with Gasteiger partial charge in [-0.2, -0.15) is 0 Å². The van der Waals surface area contributed by atoms with Gasteiger partial charge >= 0.3 is 0 Å². The number of methoxy groups -OCH3 is 1. The molecular weight excluding hydrogens is 210 g/mol. The van der Waals surface area contributed by atoms with E-state index >= 15 is 0 Å². The minimum absolute atomic E-state index is 0.0180. The van der Waals surface area contributed by atoms with E-state index in [0.29, 0.717) is 5.92 Å². The van der Waals surface area contributed by atoms with Gasteiger partial charge in [0.1, 0.15) is 0 Å². The Kier molecular flexibility index (Phi) is 5.66. The number of nitrogens with two attached hydrogens (primary N) is 1. The normalized spacial score (nSPS) is 13.6. The summed E-state index contributed by atoms with van der Waals surface area (Å²) in [6.07, 6.45) is 3.36. The molecule has 0 bridgehead atoms. The third-order valence-corrected chi connectivity index (χ3v) is 3.44. The molecule has 1 rings (SSSR count). The molecule has 17 heavy (non-hydrogen) atoms. The van der Waals surface area contributed by atoms with E-state index < -0.39 is 0 Å². The Morgan fingerprint density at radius 2 is 1.88 bits per heavy atom. The molecule has 0 aliphatic rings. The summed E-state index contributed by atoms with van der Waals surface area (Å²) in [5.74, 6) is 0.476. The molecule has 0 aromatic heterocycles. The minimum atomic E-state index is -0.0180. The van der Waals surface area contributed by atoms with Crippen LogP contribution < -0.4 is 5.73 Å². The van der Waals surface area contributed by atoms with Crippen LogP contribution in [0.3, 0.4) is 0 Å². The van der Waals surface area contributed by atoms with E-state index in [2.05, 4.69) is 38.1 Å². The van der Waals surface area contributed by atoms with Gasteiger partial charge < -0.3 is 10.5 Å². The first-order valence-corrected chi connectivity index (χ1v) is 6.39. The van der Waals surface area contributed by atoms with E-state index in [-0.39, 0.29) is 5.60 Å². The van der Waals surface area contributed by atoms with Crippen molar-refractivity contribution < 1.29 is 4.74 Å². The molecule has 1 aromatic carbocycles. The topological polar surface area (TPSA) is 35.2 Å². The van der Waals surface area contributed by atoms with E-state index in [0.717, 1.165) is 25.8 Å². The Bertz CT molecular complexity index is 308. The molecule has 0 radical (unpaired) electrons. The Morgan fingerprint density at radius 1 is 1.24 bits per heavy atom. The van der Waals surface area contributed by atoms with Crippen LogP contribution in [-0.4, -0.2) is 19.3 Å². The van der Waals surface area contributed by atoms with Crippen molar-refractivity contribution in [1.29, 1.82) is 0 Å². The van der Waals surface area contributed by atoms with Crippen LogP contribution in [0.25, 0.3) is 0 Å². The van der Waals surface area contributed by atoms with Crippen LogP contribution in [0.4, 0.5) is 0 Å². The number of hydrogen-bond donors (Lipinski definition) is 1. The van der Waals surface area contributed by atoms with Gasteiger partial charge in [-0.3, -0.25) is 0 Å². The smallest absolute Gasteiger partial charge is 0.0622 e. The molecule has 0 aliphatic heterocycles. The molecule has 2 heteroatoms. The Labute approximate surface area is 105 Å². The quantitative estimate of drug-likeness (QED) is 0.787.